The van der Waals surface area contributed by atoms with Gasteiger partial charge in [0, 0.05) is 38.8 Å². The summed E-state index contributed by atoms with van der Waals surface area (Å²) in [4.78, 5) is 39.7. The molecular formula is C20H27N3O4. The third-order valence-corrected chi connectivity index (χ3v) is 5.01. The predicted octanol–water partition coefficient (Wildman–Crippen LogP) is 1.74. The molecule has 1 aliphatic carbocycles. The van der Waals surface area contributed by atoms with Gasteiger partial charge in [0.1, 0.15) is 5.75 Å². The van der Waals surface area contributed by atoms with E-state index < -0.39 is 0 Å². The van der Waals surface area contributed by atoms with Crippen LogP contribution in [0.5, 0.6) is 5.75 Å². The molecule has 0 bridgehead atoms. The Bertz CT molecular complexity index is 698. The summed E-state index contributed by atoms with van der Waals surface area (Å²) in [5, 5.41) is 2.92. The third-order valence-electron chi connectivity index (χ3n) is 5.01. The largest absolute Gasteiger partial charge is 0.484 e. The zero-order valence-corrected chi connectivity index (χ0v) is 15.9. The van der Waals surface area contributed by atoms with Crippen molar-refractivity contribution in [3.63, 3.8) is 0 Å². The molecule has 0 spiro atoms. The maximum Gasteiger partial charge on any atom is 0.259 e. The molecule has 2 aliphatic rings. The fraction of sp³-hybridized carbons (Fsp3) is 0.550. The highest BCUT2D eigenvalue weighted by Crippen LogP contribution is 2.32. The van der Waals surface area contributed by atoms with Crippen molar-refractivity contribution < 1.29 is 19.1 Å². The Kier molecular flexibility index (Phi) is 5.98. The zero-order valence-electron chi connectivity index (χ0n) is 15.9. The number of hydrogen-bond donors (Lipinski definition) is 1. The summed E-state index contributed by atoms with van der Waals surface area (Å²) in [6.45, 7) is 1.25. The van der Waals surface area contributed by atoms with Gasteiger partial charge in [-0.25, -0.2) is 0 Å². The first-order chi connectivity index (χ1) is 12.9. The van der Waals surface area contributed by atoms with Crippen molar-refractivity contribution in [3.05, 3.63) is 24.3 Å². The van der Waals surface area contributed by atoms with Gasteiger partial charge in [0.2, 0.25) is 11.8 Å². The van der Waals surface area contributed by atoms with Crippen LogP contribution in [0.3, 0.4) is 0 Å². The van der Waals surface area contributed by atoms with Gasteiger partial charge in [0.05, 0.1) is 5.92 Å². The number of nitrogens with zero attached hydrogens (tertiary/aromatic N) is 2. The summed E-state index contributed by atoms with van der Waals surface area (Å²) in [6.07, 6.45) is 3.64. The number of carbonyl (C=O) groups excluding carboxylic acids is 3. The summed E-state index contributed by atoms with van der Waals surface area (Å²) < 4.78 is 5.43. The van der Waals surface area contributed by atoms with E-state index in [2.05, 4.69) is 5.32 Å². The van der Waals surface area contributed by atoms with Crippen molar-refractivity contribution in [1.82, 2.24) is 9.80 Å². The van der Waals surface area contributed by atoms with Crippen LogP contribution in [0.15, 0.2) is 24.3 Å². The lowest BCUT2D eigenvalue weighted by molar-refractivity contribution is -0.136. The molecule has 7 nitrogen and oxygen atoms in total. The first-order valence-corrected chi connectivity index (χ1v) is 9.46. The summed E-state index contributed by atoms with van der Waals surface area (Å²) >= 11 is 0. The Labute approximate surface area is 159 Å². The monoisotopic (exact) mass is 373 g/mol. The first-order valence-electron chi connectivity index (χ1n) is 9.46. The number of anilines is 1. The Morgan fingerprint density at radius 1 is 1.11 bits per heavy atom. The molecule has 7 heteroatoms. The summed E-state index contributed by atoms with van der Waals surface area (Å²) in [7, 11) is 3.35. The summed E-state index contributed by atoms with van der Waals surface area (Å²) in [6, 6.07) is 6.96. The van der Waals surface area contributed by atoms with Crippen molar-refractivity contribution in [1.29, 1.82) is 0 Å². The molecule has 1 aliphatic heterocycles. The first kappa shape index (κ1) is 19.2. The van der Waals surface area contributed by atoms with E-state index in [1.54, 1.807) is 38.4 Å². The Hall–Kier alpha value is -2.57. The van der Waals surface area contributed by atoms with Crippen LogP contribution in [0.25, 0.3) is 0 Å². The summed E-state index contributed by atoms with van der Waals surface area (Å²) in [5.74, 6) is 0.631. The van der Waals surface area contributed by atoms with Gasteiger partial charge in [0.15, 0.2) is 6.61 Å². The maximum atomic E-state index is 12.6. The van der Waals surface area contributed by atoms with Gasteiger partial charge in [0.25, 0.3) is 5.91 Å². The van der Waals surface area contributed by atoms with Crippen LogP contribution in [0.2, 0.25) is 0 Å². The van der Waals surface area contributed by atoms with Crippen molar-refractivity contribution in [2.45, 2.75) is 25.7 Å². The second kappa shape index (κ2) is 8.41. The molecule has 3 rings (SSSR count). The molecule has 1 unspecified atom stereocenters. The Morgan fingerprint density at radius 2 is 1.81 bits per heavy atom. The van der Waals surface area contributed by atoms with Gasteiger partial charge in [-0.05, 0) is 49.9 Å². The van der Waals surface area contributed by atoms with Crippen LogP contribution in [0.1, 0.15) is 25.7 Å². The van der Waals surface area contributed by atoms with Crippen LogP contribution < -0.4 is 10.1 Å². The van der Waals surface area contributed by atoms with Crippen LogP contribution >= 0.6 is 0 Å². The fourth-order valence-electron chi connectivity index (χ4n) is 3.13. The molecule has 2 fully saturated rings. The van der Waals surface area contributed by atoms with Gasteiger partial charge < -0.3 is 19.9 Å². The van der Waals surface area contributed by atoms with E-state index in [0.717, 1.165) is 32.2 Å². The van der Waals surface area contributed by atoms with Crippen LogP contribution in [0, 0.1) is 11.8 Å². The molecule has 27 heavy (non-hydrogen) atoms. The van der Waals surface area contributed by atoms with Crippen LogP contribution in [-0.4, -0.2) is 61.3 Å². The van der Waals surface area contributed by atoms with Gasteiger partial charge in [-0.3, -0.25) is 14.4 Å². The molecule has 1 atom stereocenters. The molecular weight excluding hydrogens is 346 g/mol. The van der Waals surface area contributed by atoms with Gasteiger partial charge in [-0.15, -0.1) is 0 Å². The third kappa shape index (κ3) is 5.21. The molecule has 1 N–H and O–H groups in total. The number of hydrogen-bond acceptors (Lipinski definition) is 4. The second-order valence-corrected chi connectivity index (χ2v) is 7.49. The van der Waals surface area contributed by atoms with Crippen molar-refractivity contribution in [2.24, 2.45) is 11.8 Å². The predicted molar refractivity (Wildman–Crippen MR) is 101 cm³/mol. The topological polar surface area (TPSA) is 79.0 Å². The number of benzene rings is 1. The number of carbonyl (C=O) groups is 3. The SMILES string of the molecule is CN(C)C(=O)COc1ccc(NC(=O)C2CCCN(C(=O)C3CC3)C2)cc1. The van der Waals surface area contributed by atoms with Crippen molar-refractivity contribution >= 4 is 23.4 Å². The number of rotatable bonds is 6. The average molecular weight is 373 g/mol. The summed E-state index contributed by atoms with van der Waals surface area (Å²) in [5.41, 5.74) is 0.678. The zero-order chi connectivity index (χ0) is 19.4. The van der Waals surface area contributed by atoms with E-state index in [1.165, 1.54) is 4.90 Å². The molecule has 146 valence electrons. The standard InChI is InChI=1S/C20H27N3O4/c1-22(2)18(24)13-27-17-9-7-16(8-10-17)21-19(25)15-4-3-11-23(12-15)20(26)14-5-6-14/h7-10,14-15H,3-6,11-13H2,1-2H3,(H,21,25). The van der Waals surface area contributed by atoms with Gasteiger partial charge >= 0.3 is 0 Å². The molecule has 0 radical (unpaired) electrons. The van der Waals surface area contributed by atoms with Crippen LogP contribution in [0.4, 0.5) is 5.69 Å². The lowest BCUT2D eigenvalue weighted by atomic mass is 9.96. The molecule has 1 aromatic carbocycles. The van der Waals surface area contributed by atoms with E-state index in [4.69, 9.17) is 4.74 Å². The lowest BCUT2D eigenvalue weighted by Gasteiger charge is -2.32. The maximum absolute atomic E-state index is 12.6. The number of amides is 3. The molecule has 3 amide bonds. The normalized spacial score (nSPS) is 19.3. The highest BCUT2D eigenvalue weighted by molar-refractivity contribution is 5.93. The van der Waals surface area contributed by atoms with E-state index in [9.17, 15) is 14.4 Å². The number of likely N-dealkylation sites (N-methyl/N-ethyl adjacent to an activating group) is 1. The number of ether oxygens (including phenoxy) is 1. The number of nitrogens with one attached hydrogen (secondary N) is 1. The van der Waals surface area contributed by atoms with E-state index in [1.807, 2.05) is 4.90 Å². The molecule has 1 saturated carbocycles. The van der Waals surface area contributed by atoms with E-state index >= 15 is 0 Å². The molecule has 1 saturated heterocycles. The second-order valence-electron chi connectivity index (χ2n) is 7.49. The minimum absolute atomic E-state index is 0.0222. The van der Waals surface area contributed by atoms with Gasteiger partial charge in [-0.1, -0.05) is 0 Å². The van der Waals surface area contributed by atoms with Crippen LogP contribution in [-0.2, 0) is 14.4 Å². The van der Waals surface area contributed by atoms with Crippen molar-refractivity contribution in [2.75, 3.05) is 39.1 Å². The average Bonchev–Trinajstić information content (AvgIpc) is 3.52. The van der Waals surface area contributed by atoms with E-state index in [-0.39, 0.29) is 36.2 Å². The minimum atomic E-state index is -0.171. The number of likely N-dealkylation sites (tertiary alicyclic amines) is 1. The smallest absolute Gasteiger partial charge is 0.259 e. The number of piperidine rings is 1. The quantitative estimate of drug-likeness (QED) is 0.824. The minimum Gasteiger partial charge on any atom is -0.484 e. The molecule has 1 aromatic rings. The molecule has 0 aromatic heterocycles. The molecule has 1 heterocycles. The van der Waals surface area contributed by atoms with E-state index in [0.29, 0.717) is 18.0 Å². The van der Waals surface area contributed by atoms with Gasteiger partial charge in [-0.2, -0.15) is 0 Å². The van der Waals surface area contributed by atoms with Crippen molar-refractivity contribution in [3.8, 4) is 5.75 Å². The highest BCUT2D eigenvalue weighted by Gasteiger charge is 2.36. The Morgan fingerprint density at radius 3 is 2.44 bits per heavy atom. The highest BCUT2D eigenvalue weighted by atomic mass is 16.5. The lowest BCUT2D eigenvalue weighted by Crippen LogP contribution is -2.44. The Balaban J connectivity index is 1.49. The fourth-order valence-corrected chi connectivity index (χ4v) is 3.13.